The summed E-state index contributed by atoms with van der Waals surface area (Å²) in [5, 5.41) is 1.26. The number of hydrogen-bond acceptors (Lipinski definition) is 3. The largest absolute Gasteiger partial charge is 0.465 e. The summed E-state index contributed by atoms with van der Waals surface area (Å²) >= 11 is 9.39. The summed E-state index contributed by atoms with van der Waals surface area (Å²) < 4.78 is 5.34. The molecule has 1 heterocycles. The molecular weight excluding hydrogens is 293 g/mol. The smallest absolute Gasteiger partial charge is 0.337 e. The number of carbonyl (C=O) groups is 1. The molecule has 0 unspecified atom stereocenters. The van der Waals surface area contributed by atoms with Gasteiger partial charge in [0.2, 0.25) is 0 Å². The average molecular weight is 301 g/mol. The Balaban J connectivity index is 2.69. The minimum atomic E-state index is -0.391. The molecule has 2 aromatic rings. The Morgan fingerprint density at radius 1 is 1.50 bits per heavy atom. The summed E-state index contributed by atoms with van der Waals surface area (Å²) in [4.78, 5) is 15.5. The highest BCUT2D eigenvalue weighted by Gasteiger charge is 2.09. The van der Waals surface area contributed by atoms with Gasteiger partial charge in [0.25, 0.3) is 0 Å². The Morgan fingerprint density at radius 3 is 2.94 bits per heavy atom. The number of nitrogens with zero attached hydrogens (tertiary/aromatic N) is 1. The van der Waals surface area contributed by atoms with Gasteiger partial charge in [0.05, 0.1) is 27.7 Å². The molecule has 3 nitrogen and oxygen atoms in total. The zero-order chi connectivity index (χ0) is 11.7. The van der Waals surface area contributed by atoms with E-state index in [1.54, 1.807) is 24.4 Å². The summed E-state index contributed by atoms with van der Waals surface area (Å²) in [7, 11) is 1.34. The molecule has 0 radical (unpaired) electrons. The van der Waals surface area contributed by atoms with E-state index in [1.165, 1.54) is 7.11 Å². The maximum Gasteiger partial charge on any atom is 0.337 e. The molecule has 0 saturated carbocycles. The molecule has 0 aliphatic rings. The fourth-order valence-corrected chi connectivity index (χ4v) is 1.90. The van der Waals surface area contributed by atoms with E-state index in [4.69, 9.17) is 11.6 Å². The third kappa shape index (κ3) is 1.90. The van der Waals surface area contributed by atoms with E-state index >= 15 is 0 Å². The summed E-state index contributed by atoms with van der Waals surface area (Å²) in [6, 6.07) is 5.06. The van der Waals surface area contributed by atoms with Crippen LogP contribution in [0.15, 0.2) is 28.9 Å². The molecule has 0 aliphatic carbocycles. The highest BCUT2D eigenvalue weighted by molar-refractivity contribution is 9.10. The predicted octanol–water partition coefficient (Wildman–Crippen LogP) is 3.44. The Bertz CT molecular complexity index is 571. The molecule has 0 N–H and O–H groups in total. The highest BCUT2D eigenvalue weighted by atomic mass is 79.9. The Hall–Kier alpha value is -1.13. The number of benzene rings is 1. The van der Waals surface area contributed by atoms with Crippen LogP contribution in [-0.4, -0.2) is 18.1 Å². The predicted molar refractivity (Wildman–Crippen MR) is 65.8 cm³/mol. The van der Waals surface area contributed by atoms with Gasteiger partial charge < -0.3 is 4.74 Å². The number of carbonyl (C=O) groups excluding carboxylic acids is 1. The van der Waals surface area contributed by atoms with E-state index in [0.29, 0.717) is 15.1 Å². The number of esters is 1. The Kier molecular flexibility index (Phi) is 3.12. The van der Waals surface area contributed by atoms with E-state index in [1.807, 2.05) is 0 Å². The number of fused-ring (bicyclic) bond motifs is 1. The van der Waals surface area contributed by atoms with Crippen molar-refractivity contribution in [2.75, 3.05) is 7.11 Å². The lowest BCUT2D eigenvalue weighted by atomic mass is 10.1. The van der Waals surface area contributed by atoms with Gasteiger partial charge in [0.1, 0.15) is 0 Å². The van der Waals surface area contributed by atoms with Crippen LogP contribution in [0.1, 0.15) is 10.4 Å². The average Bonchev–Trinajstić information content (AvgIpc) is 2.32. The van der Waals surface area contributed by atoms with Crippen molar-refractivity contribution in [3.63, 3.8) is 0 Å². The SMILES string of the molecule is COC(=O)c1ccc2ncc(Br)c(Cl)c2c1. The fourth-order valence-electron chi connectivity index (χ4n) is 1.38. The molecule has 0 spiro atoms. The number of hydrogen-bond donors (Lipinski definition) is 0. The van der Waals surface area contributed by atoms with E-state index in [9.17, 15) is 4.79 Å². The van der Waals surface area contributed by atoms with Crippen molar-refractivity contribution in [2.24, 2.45) is 0 Å². The van der Waals surface area contributed by atoms with E-state index in [2.05, 4.69) is 25.7 Å². The number of halogens is 2. The molecule has 0 fully saturated rings. The monoisotopic (exact) mass is 299 g/mol. The molecule has 0 amide bonds. The highest BCUT2D eigenvalue weighted by Crippen LogP contribution is 2.29. The van der Waals surface area contributed by atoms with Gasteiger partial charge in [-0.2, -0.15) is 0 Å². The lowest BCUT2D eigenvalue weighted by Gasteiger charge is -2.04. The Morgan fingerprint density at radius 2 is 2.25 bits per heavy atom. The molecule has 82 valence electrons. The maximum absolute atomic E-state index is 11.4. The van der Waals surface area contributed by atoms with Crippen LogP contribution in [0.4, 0.5) is 0 Å². The van der Waals surface area contributed by atoms with Crippen LogP contribution in [0.2, 0.25) is 5.02 Å². The van der Waals surface area contributed by atoms with E-state index < -0.39 is 5.97 Å². The summed E-state index contributed by atoms with van der Waals surface area (Å²) in [5.41, 5.74) is 1.19. The van der Waals surface area contributed by atoms with Crippen molar-refractivity contribution in [3.05, 3.63) is 39.5 Å². The van der Waals surface area contributed by atoms with Gasteiger partial charge in [-0.25, -0.2) is 4.79 Å². The Labute approximate surface area is 106 Å². The molecule has 16 heavy (non-hydrogen) atoms. The molecule has 5 heteroatoms. The van der Waals surface area contributed by atoms with Gasteiger partial charge in [0, 0.05) is 11.6 Å². The fraction of sp³-hybridized carbons (Fsp3) is 0.0909. The topological polar surface area (TPSA) is 39.2 Å². The molecule has 0 atom stereocenters. The van der Waals surface area contributed by atoms with Crippen molar-refractivity contribution in [1.82, 2.24) is 4.98 Å². The van der Waals surface area contributed by atoms with Gasteiger partial charge in [-0.05, 0) is 34.1 Å². The number of ether oxygens (including phenoxy) is 1. The van der Waals surface area contributed by atoms with Crippen LogP contribution in [0, 0.1) is 0 Å². The zero-order valence-electron chi connectivity index (χ0n) is 8.33. The molecule has 2 rings (SSSR count). The van der Waals surface area contributed by atoms with Crippen LogP contribution in [-0.2, 0) is 4.74 Å². The van der Waals surface area contributed by atoms with Gasteiger partial charge in [-0.3, -0.25) is 4.98 Å². The lowest BCUT2D eigenvalue weighted by Crippen LogP contribution is -2.00. The maximum atomic E-state index is 11.4. The third-order valence-corrected chi connectivity index (χ3v) is 3.42. The van der Waals surface area contributed by atoms with Crippen molar-refractivity contribution < 1.29 is 9.53 Å². The van der Waals surface area contributed by atoms with Crippen molar-refractivity contribution in [1.29, 1.82) is 0 Å². The number of pyridine rings is 1. The second-order valence-corrected chi connectivity index (χ2v) is 4.38. The molecule has 0 saturated heterocycles. The van der Waals surface area contributed by atoms with Gasteiger partial charge in [-0.1, -0.05) is 11.6 Å². The van der Waals surface area contributed by atoms with Gasteiger partial charge in [0.15, 0.2) is 0 Å². The molecule has 0 aliphatic heterocycles. The van der Waals surface area contributed by atoms with Crippen LogP contribution < -0.4 is 0 Å². The summed E-state index contributed by atoms with van der Waals surface area (Å²) in [6.07, 6.45) is 1.63. The number of methoxy groups -OCH3 is 1. The zero-order valence-corrected chi connectivity index (χ0v) is 10.7. The second kappa shape index (κ2) is 4.39. The number of aromatic nitrogens is 1. The van der Waals surface area contributed by atoms with Crippen molar-refractivity contribution >= 4 is 44.4 Å². The first-order valence-electron chi connectivity index (χ1n) is 4.45. The van der Waals surface area contributed by atoms with Crippen LogP contribution >= 0.6 is 27.5 Å². The van der Waals surface area contributed by atoms with Gasteiger partial charge >= 0.3 is 5.97 Å². The summed E-state index contributed by atoms with van der Waals surface area (Å²) in [6.45, 7) is 0. The van der Waals surface area contributed by atoms with E-state index in [0.717, 1.165) is 10.9 Å². The lowest BCUT2D eigenvalue weighted by molar-refractivity contribution is 0.0601. The minimum absolute atomic E-state index is 0.391. The molecule has 0 bridgehead atoms. The van der Waals surface area contributed by atoms with Crippen molar-refractivity contribution in [3.8, 4) is 0 Å². The standard InChI is InChI=1S/C11H7BrClNO2/c1-16-11(15)6-2-3-9-7(4-6)10(13)8(12)5-14-9/h2-5H,1H3. The normalized spacial score (nSPS) is 10.4. The van der Waals surface area contributed by atoms with Crippen LogP contribution in [0.25, 0.3) is 10.9 Å². The van der Waals surface area contributed by atoms with Crippen molar-refractivity contribution in [2.45, 2.75) is 0 Å². The number of rotatable bonds is 1. The minimum Gasteiger partial charge on any atom is -0.465 e. The molecule has 1 aromatic heterocycles. The first kappa shape index (κ1) is 11.4. The first-order chi connectivity index (χ1) is 7.63. The quantitative estimate of drug-likeness (QED) is 0.757. The third-order valence-electron chi connectivity index (χ3n) is 2.18. The first-order valence-corrected chi connectivity index (χ1v) is 5.62. The molecular formula is C11H7BrClNO2. The van der Waals surface area contributed by atoms with Gasteiger partial charge in [-0.15, -0.1) is 0 Å². The molecule has 1 aromatic carbocycles. The summed E-state index contributed by atoms with van der Waals surface area (Å²) in [5.74, 6) is -0.391. The van der Waals surface area contributed by atoms with E-state index in [-0.39, 0.29) is 0 Å². The second-order valence-electron chi connectivity index (χ2n) is 3.14. The van der Waals surface area contributed by atoms with Crippen LogP contribution in [0.5, 0.6) is 0 Å². The van der Waals surface area contributed by atoms with Crippen LogP contribution in [0.3, 0.4) is 0 Å².